The van der Waals surface area contributed by atoms with Gasteiger partial charge in [-0.25, -0.2) is 4.98 Å². The van der Waals surface area contributed by atoms with Crippen molar-refractivity contribution in [2.24, 2.45) is 0 Å². The Kier molecular flexibility index (Phi) is 3.61. The Morgan fingerprint density at radius 2 is 2.25 bits per heavy atom. The van der Waals surface area contributed by atoms with Gasteiger partial charge >= 0.3 is 5.97 Å². The summed E-state index contributed by atoms with van der Waals surface area (Å²) >= 11 is 3.46. The molecule has 3 aromatic heterocycles. The van der Waals surface area contributed by atoms with E-state index in [4.69, 9.17) is 0 Å². The first-order valence-corrected chi connectivity index (χ1v) is 8.29. The number of pyridine rings is 1. The summed E-state index contributed by atoms with van der Waals surface area (Å²) in [6, 6.07) is 3.22. The summed E-state index contributed by atoms with van der Waals surface area (Å²) in [5.74, 6) is 0.693. The fraction of sp³-hybridized carbons (Fsp3) is 0.333. The summed E-state index contributed by atoms with van der Waals surface area (Å²) in [6.07, 6.45) is 3.72. The molecule has 1 unspecified atom stereocenters. The lowest BCUT2D eigenvalue weighted by molar-refractivity contribution is -0.145. The Balaban J connectivity index is 1.69. The van der Waals surface area contributed by atoms with Crippen molar-refractivity contribution >= 4 is 27.5 Å². The number of rotatable bonds is 3. The predicted octanol–water partition coefficient (Wildman–Crippen LogP) is 1.47. The van der Waals surface area contributed by atoms with Crippen LogP contribution in [0.3, 0.4) is 0 Å². The first-order chi connectivity index (χ1) is 11.5. The molecule has 0 aromatic carbocycles. The third-order valence-corrected chi connectivity index (χ3v) is 4.82. The van der Waals surface area contributed by atoms with E-state index in [1.54, 1.807) is 6.20 Å². The Morgan fingerprint density at radius 3 is 3.04 bits per heavy atom. The molecule has 0 amide bonds. The number of halogens is 1. The van der Waals surface area contributed by atoms with E-state index >= 15 is 0 Å². The zero-order valence-electron chi connectivity index (χ0n) is 12.9. The molecule has 0 bridgehead atoms. The monoisotopic (exact) mass is 390 g/mol. The molecule has 0 saturated heterocycles. The van der Waals surface area contributed by atoms with Crippen molar-refractivity contribution < 1.29 is 9.90 Å². The number of carboxylic acids is 1. The zero-order valence-corrected chi connectivity index (χ0v) is 14.5. The van der Waals surface area contributed by atoms with Gasteiger partial charge in [0, 0.05) is 17.2 Å². The van der Waals surface area contributed by atoms with Crippen LogP contribution in [0, 0.1) is 6.92 Å². The van der Waals surface area contributed by atoms with Gasteiger partial charge in [0.2, 0.25) is 0 Å². The molecule has 4 rings (SSSR count). The zero-order chi connectivity index (χ0) is 16.8. The molecule has 1 N–H and O–H groups in total. The summed E-state index contributed by atoms with van der Waals surface area (Å²) in [6.45, 7) is 3.11. The fourth-order valence-corrected chi connectivity index (χ4v) is 3.43. The Morgan fingerprint density at radius 1 is 1.42 bits per heavy atom. The predicted molar refractivity (Wildman–Crippen MR) is 88.3 cm³/mol. The van der Waals surface area contributed by atoms with Crippen LogP contribution in [0.25, 0.3) is 5.65 Å². The molecule has 24 heavy (non-hydrogen) atoms. The molecule has 0 fully saturated rings. The average Bonchev–Trinajstić information content (AvgIpc) is 3.11. The van der Waals surface area contributed by atoms with Gasteiger partial charge in [0.1, 0.15) is 23.3 Å². The average molecular weight is 391 g/mol. The highest BCUT2D eigenvalue weighted by molar-refractivity contribution is 9.10. The molecule has 4 heterocycles. The van der Waals surface area contributed by atoms with Crippen molar-refractivity contribution in [1.82, 2.24) is 29.0 Å². The summed E-state index contributed by atoms with van der Waals surface area (Å²) in [5, 5.41) is 17.8. The van der Waals surface area contributed by atoms with E-state index in [0.29, 0.717) is 19.6 Å². The normalized spacial score (nSPS) is 18.0. The van der Waals surface area contributed by atoms with E-state index in [1.807, 2.05) is 39.1 Å². The Bertz CT molecular complexity index is 933. The van der Waals surface area contributed by atoms with Gasteiger partial charge in [0.05, 0.1) is 25.0 Å². The lowest BCUT2D eigenvalue weighted by atomic mass is 10.1. The van der Waals surface area contributed by atoms with Gasteiger partial charge in [-0.3, -0.25) is 9.69 Å². The van der Waals surface area contributed by atoms with E-state index in [9.17, 15) is 9.90 Å². The SMILES string of the molecule is Cc1nnc2n1CC(C(=O)O)N(Cc1cnc3ccc(Br)cn13)C2. The molecule has 0 aliphatic carbocycles. The van der Waals surface area contributed by atoms with E-state index in [2.05, 4.69) is 31.1 Å². The molecule has 1 atom stereocenters. The number of aryl methyl sites for hydroxylation is 1. The first kappa shape index (κ1) is 15.3. The standard InChI is InChI=1S/C15H15BrN6O2/c1-9-18-19-14-8-20(12(15(23)24)7-21(9)14)6-11-4-17-13-3-2-10(16)5-22(11)13/h2-5,12H,6-8H2,1H3,(H,23,24). The minimum absolute atomic E-state index is 0.351. The number of aromatic nitrogens is 5. The summed E-state index contributed by atoms with van der Waals surface area (Å²) in [5.41, 5.74) is 1.76. The second-order valence-electron chi connectivity index (χ2n) is 5.86. The van der Waals surface area contributed by atoms with Gasteiger partial charge in [-0.1, -0.05) is 0 Å². The molecule has 124 valence electrons. The number of aliphatic carboxylic acids is 1. The molecule has 8 nitrogen and oxygen atoms in total. The minimum Gasteiger partial charge on any atom is -0.480 e. The number of carboxylic acid groups (broad SMARTS) is 1. The maximum Gasteiger partial charge on any atom is 0.322 e. The smallest absolute Gasteiger partial charge is 0.322 e. The third-order valence-electron chi connectivity index (χ3n) is 4.35. The van der Waals surface area contributed by atoms with E-state index in [-0.39, 0.29) is 0 Å². The van der Waals surface area contributed by atoms with Crippen LogP contribution in [0.4, 0.5) is 0 Å². The first-order valence-electron chi connectivity index (χ1n) is 7.50. The van der Waals surface area contributed by atoms with Crippen molar-refractivity contribution in [2.75, 3.05) is 0 Å². The lowest BCUT2D eigenvalue weighted by Crippen LogP contribution is -2.47. The van der Waals surface area contributed by atoms with E-state index in [1.165, 1.54) is 0 Å². The topological polar surface area (TPSA) is 88.5 Å². The van der Waals surface area contributed by atoms with E-state index in [0.717, 1.165) is 27.5 Å². The molecular weight excluding hydrogens is 376 g/mol. The van der Waals surface area contributed by atoms with Gasteiger partial charge in [-0.05, 0) is 35.0 Å². The van der Waals surface area contributed by atoms with Crippen molar-refractivity contribution in [1.29, 1.82) is 0 Å². The van der Waals surface area contributed by atoms with Crippen LogP contribution >= 0.6 is 15.9 Å². The third kappa shape index (κ3) is 2.49. The number of carbonyl (C=O) groups is 1. The van der Waals surface area contributed by atoms with E-state index < -0.39 is 12.0 Å². The van der Waals surface area contributed by atoms with Crippen molar-refractivity contribution in [3.63, 3.8) is 0 Å². The second kappa shape index (κ2) is 5.67. The Hall–Kier alpha value is -2.26. The summed E-state index contributed by atoms with van der Waals surface area (Å²) in [4.78, 5) is 18.0. The highest BCUT2D eigenvalue weighted by Gasteiger charge is 2.33. The molecule has 0 saturated carbocycles. The van der Waals surface area contributed by atoms with Gasteiger partial charge in [0.25, 0.3) is 0 Å². The maximum atomic E-state index is 11.7. The van der Waals surface area contributed by atoms with Crippen LogP contribution in [-0.4, -0.2) is 46.2 Å². The highest BCUT2D eigenvalue weighted by atomic mass is 79.9. The van der Waals surface area contributed by atoms with Crippen molar-refractivity contribution in [3.8, 4) is 0 Å². The second-order valence-corrected chi connectivity index (χ2v) is 6.77. The van der Waals surface area contributed by atoms with Gasteiger partial charge in [-0.15, -0.1) is 10.2 Å². The van der Waals surface area contributed by atoms with Crippen LogP contribution in [-0.2, 0) is 24.4 Å². The van der Waals surface area contributed by atoms with Crippen LogP contribution < -0.4 is 0 Å². The molecule has 1 aliphatic rings. The minimum atomic E-state index is -0.844. The van der Waals surface area contributed by atoms with Crippen LogP contribution in [0.5, 0.6) is 0 Å². The molecule has 0 radical (unpaired) electrons. The summed E-state index contributed by atoms with van der Waals surface area (Å²) in [7, 11) is 0. The number of fused-ring (bicyclic) bond motifs is 2. The maximum absolute atomic E-state index is 11.7. The highest BCUT2D eigenvalue weighted by Crippen LogP contribution is 2.22. The van der Waals surface area contributed by atoms with Crippen LogP contribution in [0.2, 0.25) is 0 Å². The van der Waals surface area contributed by atoms with Crippen LogP contribution in [0.15, 0.2) is 29.0 Å². The van der Waals surface area contributed by atoms with Crippen molar-refractivity contribution in [3.05, 3.63) is 46.3 Å². The number of nitrogens with zero attached hydrogens (tertiary/aromatic N) is 6. The van der Waals surface area contributed by atoms with Gasteiger partial charge < -0.3 is 14.1 Å². The molecule has 3 aromatic rings. The molecule has 1 aliphatic heterocycles. The lowest BCUT2D eigenvalue weighted by Gasteiger charge is -2.33. The number of imidazole rings is 1. The number of hydrogen-bond acceptors (Lipinski definition) is 5. The quantitative estimate of drug-likeness (QED) is 0.728. The van der Waals surface area contributed by atoms with Gasteiger partial charge in [0.15, 0.2) is 0 Å². The van der Waals surface area contributed by atoms with Crippen LogP contribution in [0.1, 0.15) is 17.3 Å². The molecule has 9 heteroatoms. The Labute approximate surface area is 145 Å². The largest absolute Gasteiger partial charge is 0.480 e. The molecular formula is C15H15BrN6O2. The fourth-order valence-electron chi connectivity index (χ4n) is 3.09. The number of hydrogen-bond donors (Lipinski definition) is 1. The summed E-state index contributed by atoms with van der Waals surface area (Å²) < 4.78 is 4.78. The van der Waals surface area contributed by atoms with Crippen molar-refractivity contribution in [2.45, 2.75) is 32.6 Å². The molecule has 0 spiro atoms. The van der Waals surface area contributed by atoms with Gasteiger partial charge in [-0.2, -0.15) is 0 Å².